The van der Waals surface area contributed by atoms with Crippen LogP contribution >= 0.6 is 23.2 Å². The maximum absolute atomic E-state index is 12.9. The van der Waals surface area contributed by atoms with Crippen LogP contribution in [0.15, 0.2) is 29.5 Å². The molecule has 2 aliphatic heterocycles. The minimum atomic E-state index is -1.86. The van der Waals surface area contributed by atoms with Gasteiger partial charge in [-0.1, -0.05) is 29.3 Å². The van der Waals surface area contributed by atoms with Crippen molar-refractivity contribution in [3.63, 3.8) is 0 Å². The number of amides is 2. The molecule has 3 rings (SSSR count). The Bertz CT molecular complexity index is 1020. The van der Waals surface area contributed by atoms with Gasteiger partial charge in [-0.3, -0.25) is 9.80 Å². The van der Waals surface area contributed by atoms with Crippen molar-refractivity contribution in [1.29, 1.82) is 0 Å². The van der Waals surface area contributed by atoms with E-state index in [-0.39, 0.29) is 15.6 Å². The van der Waals surface area contributed by atoms with Crippen LogP contribution in [0.5, 0.6) is 0 Å². The van der Waals surface area contributed by atoms with Crippen molar-refractivity contribution in [2.75, 3.05) is 19.8 Å². The van der Waals surface area contributed by atoms with Crippen molar-refractivity contribution in [3.05, 3.63) is 45.1 Å². The molecule has 0 aromatic heterocycles. The van der Waals surface area contributed by atoms with Gasteiger partial charge < -0.3 is 25.3 Å². The van der Waals surface area contributed by atoms with Gasteiger partial charge in [-0.25, -0.2) is 9.59 Å². The topological polar surface area (TPSA) is 125 Å². The Morgan fingerprint density at radius 1 is 1.03 bits per heavy atom. The summed E-state index contributed by atoms with van der Waals surface area (Å²) < 4.78 is 0. The third-order valence-electron chi connectivity index (χ3n) is 6.85. The van der Waals surface area contributed by atoms with Crippen molar-refractivity contribution >= 4 is 35.4 Å². The van der Waals surface area contributed by atoms with Crippen LogP contribution in [-0.4, -0.2) is 84.7 Å². The summed E-state index contributed by atoms with van der Waals surface area (Å²) in [4.78, 5) is 29.7. The highest BCUT2D eigenvalue weighted by Crippen LogP contribution is 2.60. The van der Waals surface area contributed by atoms with E-state index in [1.807, 2.05) is 4.90 Å². The Kier molecular flexibility index (Phi) is 7.34. The number of allylic oxidation sites excluding steroid dienone is 1. The predicted octanol–water partition coefficient (Wildman–Crippen LogP) is 4.01. The minimum absolute atomic E-state index is 0.157. The molecular formula is C23H31Cl2N3O6. The molecule has 34 heavy (non-hydrogen) atoms. The van der Waals surface area contributed by atoms with Crippen molar-refractivity contribution < 1.29 is 30.0 Å². The number of carboxylic acid groups (broad SMARTS) is 2. The Morgan fingerprint density at radius 3 is 2.06 bits per heavy atom. The smallest absolute Gasteiger partial charge is 0.409 e. The van der Waals surface area contributed by atoms with Gasteiger partial charge in [-0.2, -0.15) is 0 Å². The molecule has 0 spiro atoms. The Labute approximate surface area is 208 Å². The van der Waals surface area contributed by atoms with Gasteiger partial charge in [0.15, 0.2) is 5.66 Å². The molecule has 1 aromatic carbocycles. The first-order valence-corrected chi connectivity index (χ1v) is 11.9. The Hall–Kier alpha value is -2.20. The van der Waals surface area contributed by atoms with E-state index in [1.54, 1.807) is 33.8 Å². The number of hydrogen-bond donors (Lipinski definition) is 4. The number of benzene rings is 1. The molecule has 1 fully saturated rings. The number of nitrogens with zero attached hydrogens (tertiary/aromatic N) is 3. The summed E-state index contributed by atoms with van der Waals surface area (Å²) >= 11 is 12.6. The van der Waals surface area contributed by atoms with Crippen LogP contribution in [0.25, 0.3) is 0 Å². The molecule has 0 radical (unpaired) electrons. The third kappa shape index (κ3) is 3.44. The summed E-state index contributed by atoms with van der Waals surface area (Å²) in [5.74, 6) is 0. The lowest BCUT2D eigenvalue weighted by molar-refractivity contribution is -0.136. The van der Waals surface area contributed by atoms with Gasteiger partial charge in [-0.15, -0.1) is 0 Å². The van der Waals surface area contributed by atoms with Gasteiger partial charge >= 0.3 is 12.2 Å². The number of aliphatic hydroxyl groups excluding tert-OH is 2. The molecule has 2 aliphatic rings. The molecule has 4 N–H and O–H groups in total. The average molecular weight is 516 g/mol. The molecular weight excluding hydrogens is 485 g/mol. The normalized spacial score (nSPS) is 24.2. The number of hydrogen-bond acceptors (Lipinski definition) is 5. The standard InChI is InChI=1S/C23H31Cl2N3O6/c1-13(2)27(20(31)32)22(12-30)16(11-29)19-6-5-9-26(19)23(22,28(14(3)4)21(33)34)15-7-8-17(24)18(25)10-15/h7-8,10,13-14,29-30H,5-6,9,11-12H2,1-4H3,(H,31,32)(H,33,34). The molecule has 0 saturated carbocycles. The third-order valence-corrected chi connectivity index (χ3v) is 7.59. The Morgan fingerprint density at radius 2 is 1.62 bits per heavy atom. The van der Waals surface area contributed by atoms with Crippen molar-refractivity contribution in [2.45, 2.75) is 63.8 Å². The van der Waals surface area contributed by atoms with E-state index in [9.17, 15) is 30.0 Å². The second-order valence-corrected chi connectivity index (χ2v) is 9.97. The van der Waals surface area contributed by atoms with Gasteiger partial charge in [0.1, 0.15) is 5.54 Å². The molecule has 0 aliphatic carbocycles. The summed E-state index contributed by atoms with van der Waals surface area (Å²) in [6, 6.07) is 3.34. The van der Waals surface area contributed by atoms with Gasteiger partial charge in [0.25, 0.3) is 0 Å². The molecule has 0 bridgehead atoms. The molecule has 2 atom stereocenters. The Balaban J connectivity index is 2.61. The summed E-state index contributed by atoms with van der Waals surface area (Å²) in [5, 5.41) is 43.0. The van der Waals surface area contributed by atoms with E-state index in [2.05, 4.69) is 0 Å². The zero-order valence-electron chi connectivity index (χ0n) is 19.6. The predicted molar refractivity (Wildman–Crippen MR) is 128 cm³/mol. The van der Waals surface area contributed by atoms with Crippen LogP contribution < -0.4 is 0 Å². The highest BCUT2D eigenvalue weighted by Gasteiger charge is 2.72. The fourth-order valence-corrected chi connectivity index (χ4v) is 6.27. The molecule has 9 nitrogen and oxygen atoms in total. The van der Waals surface area contributed by atoms with Crippen LogP contribution in [0.4, 0.5) is 9.59 Å². The first-order chi connectivity index (χ1) is 15.9. The second-order valence-electron chi connectivity index (χ2n) is 9.15. The van der Waals surface area contributed by atoms with Crippen LogP contribution in [-0.2, 0) is 5.66 Å². The van der Waals surface area contributed by atoms with E-state index in [1.165, 1.54) is 12.1 Å². The molecule has 188 valence electrons. The SMILES string of the molecule is CC(C)N(C(=O)O)C1(CO)C(CO)=C2CCCN2C1(c1ccc(Cl)c(Cl)c1)N(C(=O)O)C(C)C. The van der Waals surface area contributed by atoms with E-state index in [0.29, 0.717) is 30.6 Å². The van der Waals surface area contributed by atoms with Gasteiger partial charge in [-0.05, 0) is 52.7 Å². The van der Waals surface area contributed by atoms with Crippen molar-refractivity contribution in [2.24, 2.45) is 0 Å². The van der Waals surface area contributed by atoms with E-state index < -0.39 is 48.7 Å². The van der Waals surface area contributed by atoms with Crippen molar-refractivity contribution in [1.82, 2.24) is 14.7 Å². The molecule has 1 aromatic rings. The summed E-state index contributed by atoms with van der Waals surface area (Å²) in [5.41, 5.74) is -2.37. The molecule has 11 heteroatoms. The summed E-state index contributed by atoms with van der Waals surface area (Å²) in [7, 11) is 0. The number of carbonyl (C=O) groups is 2. The fraction of sp³-hybridized carbons (Fsp3) is 0.565. The highest BCUT2D eigenvalue weighted by molar-refractivity contribution is 6.42. The van der Waals surface area contributed by atoms with E-state index >= 15 is 0 Å². The molecule has 2 amide bonds. The van der Waals surface area contributed by atoms with E-state index in [4.69, 9.17) is 23.2 Å². The van der Waals surface area contributed by atoms with Gasteiger partial charge in [0, 0.05) is 35.5 Å². The maximum atomic E-state index is 12.9. The molecule has 2 heterocycles. The zero-order valence-corrected chi connectivity index (χ0v) is 21.1. The average Bonchev–Trinajstić information content (AvgIpc) is 3.29. The van der Waals surface area contributed by atoms with Gasteiger partial charge in [0.2, 0.25) is 0 Å². The number of fused-ring (bicyclic) bond motifs is 1. The second kappa shape index (κ2) is 9.45. The number of rotatable bonds is 7. The van der Waals surface area contributed by atoms with Crippen molar-refractivity contribution in [3.8, 4) is 0 Å². The molecule has 1 saturated heterocycles. The molecule has 2 unspecified atom stereocenters. The lowest BCUT2D eigenvalue weighted by atomic mass is 9.72. The largest absolute Gasteiger partial charge is 0.465 e. The first kappa shape index (κ1) is 26.4. The summed E-state index contributed by atoms with van der Waals surface area (Å²) in [6.45, 7) is 5.72. The maximum Gasteiger partial charge on any atom is 0.409 e. The van der Waals surface area contributed by atoms with E-state index in [0.717, 1.165) is 9.80 Å². The lowest BCUT2D eigenvalue weighted by Gasteiger charge is -2.59. The van der Waals surface area contributed by atoms with Crippen LogP contribution in [0.1, 0.15) is 46.1 Å². The first-order valence-electron chi connectivity index (χ1n) is 11.1. The lowest BCUT2D eigenvalue weighted by Crippen LogP contribution is -2.77. The zero-order chi connectivity index (χ0) is 25.6. The van der Waals surface area contributed by atoms with Gasteiger partial charge in [0.05, 0.1) is 23.3 Å². The quantitative estimate of drug-likeness (QED) is 0.432. The minimum Gasteiger partial charge on any atom is -0.465 e. The number of halogens is 2. The van der Waals surface area contributed by atoms with Crippen LogP contribution in [0.2, 0.25) is 10.0 Å². The number of aliphatic hydroxyl groups is 2. The fourth-order valence-electron chi connectivity index (χ4n) is 5.97. The van der Waals surface area contributed by atoms with Crippen LogP contribution in [0.3, 0.4) is 0 Å². The van der Waals surface area contributed by atoms with Crippen LogP contribution in [0, 0.1) is 0 Å². The monoisotopic (exact) mass is 515 g/mol. The summed E-state index contributed by atoms with van der Waals surface area (Å²) in [6.07, 6.45) is -1.49. The highest BCUT2D eigenvalue weighted by atomic mass is 35.5.